The van der Waals surface area contributed by atoms with E-state index in [1.807, 2.05) is 19.1 Å². The minimum Gasteiger partial charge on any atom is -0.496 e. The van der Waals surface area contributed by atoms with Gasteiger partial charge >= 0.3 is 0 Å². The van der Waals surface area contributed by atoms with Gasteiger partial charge in [0.15, 0.2) is 0 Å². The number of hydrogen-bond acceptors (Lipinski definition) is 5. The van der Waals surface area contributed by atoms with Gasteiger partial charge in [-0.05, 0) is 37.0 Å². The van der Waals surface area contributed by atoms with Gasteiger partial charge in [0.25, 0.3) is 5.91 Å². The van der Waals surface area contributed by atoms with Gasteiger partial charge < -0.3 is 20.3 Å². The zero-order valence-electron chi connectivity index (χ0n) is 14.9. The standard InChI is InChI=1S/C18H23N3O5/c1-12-5-6-13(8-15(12)26-2)9-20-18(25)17(24)14-4-3-7-21(14)16(23)10-19-11-22/h5-6,8,11,14H,3-4,7,9-10H2,1-2H3,(H,19,22)(H,20,25). The fourth-order valence-corrected chi connectivity index (χ4v) is 2.96. The highest BCUT2D eigenvalue weighted by atomic mass is 16.5. The molecule has 1 aliphatic heterocycles. The summed E-state index contributed by atoms with van der Waals surface area (Å²) in [5, 5.41) is 4.88. The smallest absolute Gasteiger partial charge is 0.289 e. The van der Waals surface area contributed by atoms with Crippen LogP contribution < -0.4 is 15.4 Å². The van der Waals surface area contributed by atoms with Gasteiger partial charge in [0.2, 0.25) is 18.1 Å². The normalized spacial score (nSPS) is 16.1. The van der Waals surface area contributed by atoms with Crippen LogP contribution in [0.15, 0.2) is 18.2 Å². The Balaban J connectivity index is 1.95. The number of carbonyl (C=O) groups excluding carboxylic acids is 4. The van der Waals surface area contributed by atoms with Gasteiger partial charge in [0.1, 0.15) is 11.8 Å². The summed E-state index contributed by atoms with van der Waals surface area (Å²) in [4.78, 5) is 48.3. The maximum Gasteiger partial charge on any atom is 0.289 e. The molecule has 1 aliphatic rings. The number of amides is 3. The Hall–Kier alpha value is -2.90. The van der Waals surface area contributed by atoms with E-state index in [-0.39, 0.29) is 19.0 Å². The molecule has 140 valence electrons. The highest BCUT2D eigenvalue weighted by Gasteiger charge is 2.36. The van der Waals surface area contributed by atoms with E-state index < -0.39 is 17.7 Å². The van der Waals surface area contributed by atoms with Gasteiger partial charge in [-0.25, -0.2) is 0 Å². The number of likely N-dealkylation sites (tertiary alicyclic amines) is 1. The fraction of sp³-hybridized carbons (Fsp3) is 0.444. The first kappa shape index (κ1) is 19.4. The highest BCUT2D eigenvalue weighted by molar-refractivity contribution is 6.38. The van der Waals surface area contributed by atoms with Crippen LogP contribution in [0.3, 0.4) is 0 Å². The van der Waals surface area contributed by atoms with Gasteiger partial charge in [-0.15, -0.1) is 0 Å². The van der Waals surface area contributed by atoms with Crippen LogP contribution in [0.5, 0.6) is 5.75 Å². The Bertz CT molecular complexity index is 704. The molecule has 1 aromatic rings. The molecular weight excluding hydrogens is 338 g/mol. The van der Waals surface area contributed by atoms with E-state index in [2.05, 4.69) is 10.6 Å². The Morgan fingerprint density at radius 2 is 2.12 bits per heavy atom. The first-order valence-corrected chi connectivity index (χ1v) is 8.40. The summed E-state index contributed by atoms with van der Waals surface area (Å²) in [6, 6.07) is 4.75. The summed E-state index contributed by atoms with van der Waals surface area (Å²) in [6.45, 7) is 2.32. The van der Waals surface area contributed by atoms with Crippen LogP contribution in [0.4, 0.5) is 0 Å². The van der Waals surface area contributed by atoms with Crippen molar-refractivity contribution in [3.63, 3.8) is 0 Å². The lowest BCUT2D eigenvalue weighted by atomic mass is 10.1. The molecular formula is C18H23N3O5. The lowest BCUT2D eigenvalue weighted by Gasteiger charge is -2.23. The molecule has 1 unspecified atom stereocenters. The fourth-order valence-electron chi connectivity index (χ4n) is 2.96. The van der Waals surface area contributed by atoms with Crippen molar-refractivity contribution in [2.75, 3.05) is 20.2 Å². The first-order chi connectivity index (χ1) is 12.5. The Morgan fingerprint density at radius 3 is 2.81 bits per heavy atom. The Kier molecular flexibility index (Phi) is 6.71. The van der Waals surface area contributed by atoms with Crippen LogP contribution in [0.2, 0.25) is 0 Å². The average Bonchev–Trinajstić information content (AvgIpc) is 3.14. The zero-order chi connectivity index (χ0) is 19.1. The first-order valence-electron chi connectivity index (χ1n) is 8.40. The molecule has 0 aliphatic carbocycles. The molecule has 1 atom stereocenters. The second kappa shape index (κ2) is 8.98. The van der Waals surface area contributed by atoms with Crippen molar-refractivity contribution in [2.45, 2.75) is 32.4 Å². The van der Waals surface area contributed by atoms with Crippen LogP contribution in [-0.4, -0.2) is 55.1 Å². The lowest BCUT2D eigenvalue weighted by molar-refractivity contribution is -0.144. The van der Waals surface area contributed by atoms with Crippen molar-refractivity contribution < 1.29 is 23.9 Å². The molecule has 1 aromatic carbocycles. The van der Waals surface area contributed by atoms with Crippen LogP contribution in [-0.2, 0) is 25.7 Å². The van der Waals surface area contributed by atoms with Gasteiger partial charge in [-0.3, -0.25) is 19.2 Å². The molecule has 8 heteroatoms. The van der Waals surface area contributed by atoms with Crippen molar-refractivity contribution >= 4 is 24.0 Å². The molecule has 0 radical (unpaired) electrons. The molecule has 0 bridgehead atoms. The van der Waals surface area contributed by atoms with Gasteiger partial charge in [0, 0.05) is 13.1 Å². The zero-order valence-corrected chi connectivity index (χ0v) is 14.9. The number of Topliss-reactive ketones (excluding diaryl/α,β-unsaturated/α-hetero) is 1. The van der Waals surface area contributed by atoms with Crippen molar-refractivity contribution in [2.24, 2.45) is 0 Å². The lowest BCUT2D eigenvalue weighted by Crippen LogP contribution is -2.48. The number of rotatable bonds is 8. The van der Waals surface area contributed by atoms with Crippen molar-refractivity contribution in [3.05, 3.63) is 29.3 Å². The SMILES string of the molecule is COc1cc(CNC(=O)C(=O)C2CCCN2C(=O)CNC=O)ccc1C. The highest BCUT2D eigenvalue weighted by Crippen LogP contribution is 2.20. The van der Waals surface area contributed by atoms with Crippen molar-refractivity contribution in [3.8, 4) is 5.75 Å². The largest absolute Gasteiger partial charge is 0.496 e. The third-order valence-electron chi connectivity index (χ3n) is 4.36. The Morgan fingerprint density at radius 1 is 1.35 bits per heavy atom. The average molecular weight is 361 g/mol. The molecule has 1 heterocycles. The predicted octanol–water partition coefficient (Wildman–Crippen LogP) is -0.0741. The second-order valence-electron chi connectivity index (χ2n) is 6.09. The van der Waals surface area contributed by atoms with Crippen LogP contribution >= 0.6 is 0 Å². The number of ketones is 1. The molecule has 1 fully saturated rings. The van der Waals surface area contributed by atoms with Crippen LogP contribution in [0, 0.1) is 6.92 Å². The van der Waals surface area contributed by atoms with E-state index in [0.717, 1.165) is 11.1 Å². The molecule has 2 N–H and O–H groups in total. The molecule has 26 heavy (non-hydrogen) atoms. The quantitative estimate of drug-likeness (QED) is 0.498. The molecule has 0 spiro atoms. The van der Waals surface area contributed by atoms with Crippen LogP contribution in [0.25, 0.3) is 0 Å². The summed E-state index contributed by atoms with van der Waals surface area (Å²) < 4.78 is 5.24. The van der Waals surface area contributed by atoms with E-state index in [4.69, 9.17) is 4.74 Å². The third-order valence-corrected chi connectivity index (χ3v) is 4.36. The minimum absolute atomic E-state index is 0.182. The number of carbonyl (C=O) groups is 4. The summed E-state index contributed by atoms with van der Waals surface area (Å²) in [7, 11) is 1.57. The van der Waals surface area contributed by atoms with Gasteiger partial charge in [-0.2, -0.15) is 0 Å². The van der Waals surface area contributed by atoms with E-state index >= 15 is 0 Å². The topological polar surface area (TPSA) is 105 Å². The summed E-state index contributed by atoms with van der Waals surface area (Å²) in [5.74, 6) is -1.03. The maximum absolute atomic E-state index is 12.4. The number of ether oxygens (including phenoxy) is 1. The summed E-state index contributed by atoms with van der Waals surface area (Å²) in [5.41, 5.74) is 1.78. The number of nitrogens with one attached hydrogen (secondary N) is 2. The summed E-state index contributed by atoms with van der Waals surface area (Å²) >= 11 is 0. The number of aryl methyl sites for hydroxylation is 1. The Labute approximate surface area is 151 Å². The number of benzene rings is 1. The van der Waals surface area contributed by atoms with E-state index in [9.17, 15) is 19.2 Å². The number of hydrogen-bond donors (Lipinski definition) is 2. The molecule has 1 saturated heterocycles. The minimum atomic E-state index is -0.775. The monoisotopic (exact) mass is 361 g/mol. The maximum atomic E-state index is 12.4. The predicted molar refractivity (Wildman–Crippen MR) is 93.4 cm³/mol. The van der Waals surface area contributed by atoms with Gasteiger partial charge in [-0.1, -0.05) is 12.1 Å². The molecule has 2 rings (SSSR count). The molecule has 0 saturated carbocycles. The second-order valence-corrected chi connectivity index (χ2v) is 6.09. The van der Waals surface area contributed by atoms with E-state index in [0.29, 0.717) is 31.5 Å². The van der Waals surface area contributed by atoms with Gasteiger partial charge in [0.05, 0.1) is 13.7 Å². The van der Waals surface area contributed by atoms with Crippen LogP contribution in [0.1, 0.15) is 24.0 Å². The van der Waals surface area contributed by atoms with E-state index in [1.165, 1.54) is 4.90 Å². The summed E-state index contributed by atoms with van der Waals surface area (Å²) in [6.07, 6.45) is 1.51. The van der Waals surface area contributed by atoms with Crippen molar-refractivity contribution in [1.29, 1.82) is 0 Å². The number of nitrogens with zero attached hydrogens (tertiary/aromatic N) is 1. The number of methoxy groups -OCH3 is 1. The third kappa shape index (κ3) is 4.59. The van der Waals surface area contributed by atoms with E-state index in [1.54, 1.807) is 13.2 Å². The molecule has 8 nitrogen and oxygen atoms in total. The molecule has 0 aromatic heterocycles. The van der Waals surface area contributed by atoms with Crippen molar-refractivity contribution in [1.82, 2.24) is 15.5 Å². The molecule has 3 amide bonds.